The van der Waals surface area contributed by atoms with Gasteiger partial charge >= 0.3 is 0 Å². The zero-order valence-corrected chi connectivity index (χ0v) is 8.22. The molecule has 1 aliphatic rings. The van der Waals surface area contributed by atoms with Crippen molar-refractivity contribution in [3.63, 3.8) is 0 Å². The summed E-state index contributed by atoms with van der Waals surface area (Å²) >= 11 is 0. The molecule has 0 heterocycles. The molecule has 0 N–H and O–H groups in total. The molecule has 0 amide bonds. The fourth-order valence-corrected chi connectivity index (χ4v) is 1.97. The first kappa shape index (κ1) is 8.31. The second kappa shape index (κ2) is 2.88. The van der Waals surface area contributed by atoms with E-state index in [9.17, 15) is 0 Å². The number of hydrogen-bond donors (Lipinski definition) is 0. The number of benzene rings is 1. The zero-order valence-electron chi connectivity index (χ0n) is 8.22. The minimum absolute atomic E-state index is 1.06. The smallest absolute Gasteiger partial charge is 0.00170 e. The molecule has 0 spiro atoms. The molecule has 1 aromatic rings. The van der Waals surface area contributed by atoms with E-state index in [1.807, 2.05) is 6.08 Å². The van der Waals surface area contributed by atoms with Crippen LogP contribution in [0.3, 0.4) is 0 Å². The molecule has 0 fully saturated rings. The van der Waals surface area contributed by atoms with Crippen LogP contribution in [0.15, 0.2) is 36.4 Å². The summed E-state index contributed by atoms with van der Waals surface area (Å²) in [5, 5.41) is 0. The summed E-state index contributed by atoms with van der Waals surface area (Å²) in [6.45, 7) is 8.16. The van der Waals surface area contributed by atoms with E-state index in [1.54, 1.807) is 0 Å². The highest BCUT2D eigenvalue weighted by molar-refractivity contribution is 5.77. The third-order valence-corrected chi connectivity index (χ3v) is 2.77. The quantitative estimate of drug-likeness (QED) is 0.605. The Balaban J connectivity index is 2.55. The van der Waals surface area contributed by atoms with Gasteiger partial charge in [-0.3, -0.25) is 0 Å². The van der Waals surface area contributed by atoms with E-state index in [0.717, 1.165) is 6.42 Å². The second-order valence-electron chi connectivity index (χ2n) is 3.69. The van der Waals surface area contributed by atoms with Crippen molar-refractivity contribution in [2.75, 3.05) is 0 Å². The van der Waals surface area contributed by atoms with E-state index in [0.29, 0.717) is 0 Å². The number of hydrogen-bond acceptors (Lipinski definition) is 0. The zero-order chi connectivity index (χ0) is 9.42. The van der Waals surface area contributed by atoms with Gasteiger partial charge in [0.15, 0.2) is 0 Å². The van der Waals surface area contributed by atoms with Crippen LogP contribution in [0.4, 0.5) is 0 Å². The standard InChI is InChI=1S/C13H14/c1-4-11-8-12-7-9(2)5-6-13(12)10(11)3/h4-7H,1,8H2,2-3H3. The van der Waals surface area contributed by atoms with Crippen molar-refractivity contribution in [2.24, 2.45) is 0 Å². The molecule has 0 bridgehead atoms. The van der Waals surface area contributed by atoms with Gasteiger partial charge in [0, 0.05) is 0 Å². The van der Waals surface area contributed by atoms with Crippen LogP contribution in [0, 0.1) is 6.92 Å². The molecule has 1 aliphatic carbocycles. The van der Waals surface area contributed by atoms with Gasteiger partial charge in [-0.1, -0.05) is 36.4 Å². The van der Waals surface area contributed by atoms with E-state index in [4.69, 9.17) is 0 Å². The van der Waals surface area contributed by atoms with Gasteiger partial charge in [0.1, 0.15) is 0 Å². The monoisotopic (exact) mass is 170 g/mol. The van der Waals surface area contributed by atoms with Gasteiger partial charge in [-0.25, -0.2) is 0 Å². The molecule has 0 saturated carbocycles. The minimum Gasteiger partial charge on any atom is -0.0988 e. The molecule has 0 aliphatic heterocycles. The largest absolute Gasteiger partial charge is 0.0988 e. The second-order valence-corrected chi connectivity index (χ2v) is 3.69. The molecular formula is C13H14. The summed E-state index contributed by atoms with van der Waals surface area (Å²) in [5.74, 6) is 0. The Labute approximate surface area is 79.6 Å². The Hall–Kier alpha value is -1.30. The number of fused-ring (bicyclic) bond motifs is 1. The molecule has 1 aromatic carbocycles. The van der Waals surface area contributed by atoms with Crippen molar-refractivity contribution < 1.29 is 0 Å². The van der Waals surface area contributed by atoms with Crippen LogP contribution in [-0.4, -0.2) is 0 Å². The van der Waals surface area contributed by atoms with E-state index in [2.05, 4.69) is 38.6 Å². The van der Waals surface area contributed by atoms with Crippen LogP contribution in [0.1, 0.15) is 23.6 Å². The normalized spacial score (nSPS) is 14.6. The van der Waals surface area contributed by atoms with E-state index >= 15 is 0 Å². The summed E-state index contributed by atoms with van der Waals surface area (Å²) in [5.41, 5.74) is 6.97. The van der Waals surface area contributed by atoms with Crippen molar-refractivity contribution in [3.05, 3.63) is 53.1 Å². The van der Waals surface area contributed by atoms with Crippen molar-refractivity contribution in [3.8, 4) is 0 Å². The number of allylic oxidation sites excluding steroid dienone is 3. The van der Waals surface area contributed by atoms with Crippen LogP contribution in [0.25, 0.3) is 5.57 Å². The summed E-state index contributed by atoms with van der Waals surface area (Å²) in [6.07, 6.45) is 3.04. The summed E-state index contributed by atoms with van der Waals surface area (Å²) in [7, 11) is 0. The summed E-state index contributed by atoms with van der Waals surface area (Å²) < 4.78 is 0. The van der Waals surface area contributed by atoms with Crippen LogP contribution < -0.4 is 0 Å². The highest BCUT2D eigenvalue weighted by Gasteiger charge is 2.15. The van der Waals surface area contributed by atoms with Gasteiger partial charge in [0.25, 0.3) is 0 Å². The third kappa shape index (κ3) is 1.23. The lowest BCUT2D eigenvalue weighted by molar-refractivity contribution is 1.23. The Morgan fingerprint density at radius 2 is 2.08 bits per heavy atom. The van der Waals surface area contributed by atoms with Crippen LogP contribution in [0.5, 0.6) is 0 Å². The Morgan fingerprint density at radius 3 is 2.77 bits per heavy atom. The lowest BCUT2D eigenvalue weighted by Gasteiger charge is -2.01. The molecule has 0 unspecified atom stereocenters. The number of aryl methyl sites for hydroxylation is 1. The molecule has 2 rings (SSSR count). The first-order valence-corrected chi connectivity index (χ1v) is 4.64. The van der Waals surface area contributed by atoms with Crippen LogP contribution in [-0.2, 0) is 6.42 Å². The molecule has 0 radical (unpaired) electrons. The third-order valence-electron chi connectivity index (χ3n) is 2.77. The molecule has 0 atom stereocenters. The van der Waals surface area contributed by atoms with Crippen LogP contribution >= 0.6 is 0 Å². The highest BCUT2D eigenvalue weighted by Crippen LogP contribution is 2.33. The predicted octanol–water partition coefficient (Wildman–Crippen LogP) is 3.51. The van der Waals surface area contributed by atoms with Gasteiger partial charge in [0.2, 0.25) is 0 Å². The molecular weight excluding hydrogens is 156 g/mol. The first-order chi connectivity index (χ1) is 6.22. The average Bonchev–Trinajstić information content (AvgIpc) is 2.42. The maximum Gasteiger partial charge on any atom is -0.00170 e. The highest BCUT2D eigenvalue weighted by atomic mass is 14.2. The molecule has 0 heteroatoms. The van der Waals surface area contributed by atoms with Gasteiger partial charge < -0.3 is 0 Å². The van der Waals surface area contributed by atoms with Crippen molar-refractivity contribution in [1.82, 2.24) is 0 Å². The Morgan fingerprint density at radius 1 is 1.31 bits per heavy atom. The maximum atomic E-state index is 3.84. The van der Waals surface area contributed by atoms with Crippen LogP contribution in [0.2, 0.25) is 0 Å². The van der Waals surface area contributed by atoms with Gasteiger partial charge in [-0.2, -0.15) is 0 Å². The first-order valence-electron chi connectivity index (χ1n) is 4.64. The van der Waals surface area contributed by atoms with Crippen molar-refractivity contribution in [1.29, 1.82) is 0 Å². The van der Waals surface area contributed by atoms with Crippen molar-refractivity contribution in [2.45, 2.75) is 20.3 Å². The summed E-state index contributed by atoms with van der Waals surface area (Å²) in [4.78, 5) is 0. The molecule has 66 valence electrons. The molecule has 13 heavy (non-hydrogen) atoms. The molecule has 0 saturated heterocycles. The Kier molecular flexibility index (Phi) is 1.84. The summed E-state index contributed by atoms with van der Waals surface area (Å²) in [6, 6.07) is 6.67. The topological polar surface area (TPSA) is 0 Å². The fraction of sp³-hybridized carbons (Fsp3) is 0.231. The Bertz CT molecular complexity index is 394. The van der Waals surface area contributed by atoms with E-state index in [-0.39, 0.29) is 0 Å². The number of rotatable bonds is 1. The lowest BCUT2D eigenvalue weighted by Crippen LogP contribution is -1.84. The van der Waals surface area contributed by atoms with E-state index < -0.39 is 0 Å². The lowest BCUT2D eigenvalue weighted by atomic mass is 10.0. The minimum atomic E-state index is 1.06. The van der Waals surface area contributed by atoms with Crippen molar-refractivity contribution >= 4 is 5.57 Å². The SMILES string of the molecule is C=CC1=C(C)c2ccc(C)cc2C1. The van der Waals surface area contributed by atoms with E-state index in [1.165, 1.54) is 27.8 Å². The molecule has 0 aromatic heterocycles. The van der Waals surface area contributed by atoms with Gasteiger partial charge in [-0.15, -0.1) is 0 Å². The van der Waals surface area contributed by atoms with Gasteiger partial charge in [-0.05, 0) is 42.5 Å². The predicted molar refractivity (Wildman–Crippen MR) is 57.7 cm³/mol. The fourth-order valence-electron chi connectivity index (χ4n) is 1.97. The maximum absolute atomic E-state index is 3.84. The van der Waals surface area contributed by atoms with Gasteiger partial charge in [0.05, 0.1) is 0 Å². The average molecular weight is 170 g/mol. The molecule has 0 nitrogen and oxygen atoms in total.